The lowest BCUT2D eigenvalue weighted by Crippen LogP contribution is -2.17. The van der Waals surface area contributed by atoms with Crippen LogP contribution in [0.4, 0.5) is 5.69 Å². The van der Waals surface area contributed by atoms with Crippen LogP contribution in [0.5, 0.6) is 5.75 Å². The van der Waals surface area contributed by atoms with Gasteiger partial charge in [0.2, 0.25) is 0 Å². The van der Waals surface area contributed by atoms with Gasteiger partial charge in [-0.05, 0) is 37.3 Å². The van der Waals surface area contributed by atoms with Gasteiger partial charge in [-0.25, -0.2) is 4.98 Å². The summed E-state index contributed by atoms with van der Waals surface area (Å²) in [5, 5.41) is 18.0. The van der Waals surface area contributed by atoms with E-state index in [2.05, 4.69) is 15.4 Å². The summed E-state index contributed by atoms with van der Waals surface area (Å²) in [7, 11) is 0. The van der Waals surface area contributed by atoms with Crippen molar-refractivity contribution in [3.05, 3.63) is 60.4 Å². The van der Waals surface area contributed by atoms with Gasteiger partial charge in [0.25, 0.3) is 5.91 Å². The molecule has 4 rings (SSSR count). The summed E-state index contributed by atoms with van der Waals surface area (Å²) in [6.07, 6.45) is 1.59. The maximum atomic E-state index is 12.4. The van der Waals surface area contributed by atoms with Crippen molar-refractivity contribution < 1.29 is 9.90 Å². The first kappa shape index (κ1) is 16.3. The fourth-order valence-electron chi connectivity index (χ4n) is 2.75. The van der Waals surface area contributed by atoms with Crippen molar-refractivity contribution >= 4 is 33.1 Å². The van der Waals surface area contributed by atoms with Crippen LogP contribution in [-0.4, -0.2) is 25.8 Å². The van der Waals surface area contributed by atoms with Gasteiger partial charge in [0.1, 0.15) is 16.5 Å². The lowest BCUT2D eigenvalue weighted by Gasteiger charge is -2.08. The molecule has 0 bridgehead atoms. The fourth-order valence-corrected chi connectivity index (χ4v) is 3.75. The number of amides is 1. The number of anilines is 1. The average Bonchev–Trinajstić information content (AvgIpc) is 3.28. The van der Waals surface area contributed by atoms with E-state index in [1.54, 1.807) is 29.1 Å². The Balaban J connectivity index is 1.60. The minimum atomic E-state index is -0.267. The molecule has 0 atom stereocenters. The van der Waals surface area contributed by atoms with E-state index in [4.69, 9.17) is 0 Å². The molecule has 6 nitrogen and oxygen atoms in total. The first-order valence-electron chi connectivity index (χ1n) is 8.18. The molecule has 130 valence electrons. The third-order valence-corrected chi connectivity index (χ3v) is 5.10. The first-order valence-corrected chi connectivity index (χ1v) is 8.99. The third-order valence-electron chi connectivity index (χ3n) is 4.03. The zero-order valence-corrected chi connectivity index (χ0v) is 14.8. The number of hydrogen-bond acceptors (Lipinski definition) is 5. The van der Waals surface area contributed by atoms with Crippen LogP contribution < -0.4 is 5.32 Å². The molecular weight excluding hydrogens is 348 g/mol. The van der Waals surface area contributed by atoms with Crippen LogP contribution in [0.1, 0.15) is 17.4 Å². The van der Waals surface area contributed by atoms with Gasteiger partial charge in [-0.1, -0.05) is 12.1 Å². The van der Waals surface area contributed by atoms with Crippen LogP contribution in [0.25, 0.3) is 20.8 Å². The van der Waals surface area contributed by atoms with Crippen molar-refractivity contribution in [1.29, 1.82) is 0 Å². The third kappa shape index (κ3) is 2.93. The Labute approximate surface area is 153 Å². The number of hydrogen-bond donors (Lipinski definition) is 2. The number of phenols is 1. The molecule has 1 amide bonds. The number of nitrogens with one attached hydrogen (secondary N) is 1. The first-order chi connectivity index (χ1) is 12.7. The second-order valence-corrected chi connectivity index (χ2v) is 6.74. The largest absolute Gasteiger partial charge is 0.507 e. The summed E-state index contributed by atoms with van der Waals surface area (Å²) in [6.45, 7) is 2.53. The van der Waals surface area contributed by atoms with Crippen LogP contribution in [0.3, 0.4) is 0 Å². The SMILES string of the molecule is CCn1nccc1C(=O)Nc1ccc(-c2nc3ccccc3s2)c(O)c1. The Kier molecular flexibility index (Phi) is 4.14. The number of benzene rings is 2. The van der Waals surface area contributed by atoms with Gasteiger partial charge < -0.3 is 10.4 Å². The van der Waals surface area contributed by atoms with Crippen molar-refractivity contribution in [2.24, 2.45) is 0 Å². The summed E-state index contributed by atoms with van der Waals surface area (Å²) < 4.78 is 2.68. The number of thiazole rings is 1. The van der Waals surface area contributed by atoms with Crippen molar-refractivity contribution in [3.8, 4) is 16.3 Å². The second-order valence-electron chi connectivity index (χ2n) is 5.71. The summed E-state index contributed by atoms with van der Waals surface area (Å²) in [4.78, 5) is 16.9. The van der Waals surface area contributed by atoms with E-state index in [0.29, 0.717) is 23.5 Å². The molecule has 0 aliphatic rings. The molecule has 2 heterocycles. The van der Waals surface area contributed by atoms with Crippen LogP contribution in [-0.2, 0) is 6.54 Å². The Morgan fingerprint density at radius 3 is 2.85 bits per heavy atom. The minimum absolute atomic E-state index is 0.0749. The molecule has 0 unspecified atom stereocenters. The zero-order valence-electron chi connectivity index (χ0n) is 14.0. The molecule has 7 heteroatoms. The predicted molar refractivity (Wildman–Crippen MR) is 103 cm³/mol. The highest BCUT2D eigenvalue weighted by Crippen LogP contribution is 2.36. The Bertz CT molecular complexity index is 1070. The molecule has 2 aromatic heterocycles. The zero-order chi connectivity index (χ0) is 18.1. The molecule has 0 saturated carbocycles. The molecule has 0 saturated heterocycles. The van der Waals surface area contributed by atoms with E-state index in [-0.39, 0.29) is 11.7 Å². The summed E-state index contributed by atoms with van der Waals surface area (Å²) >= 11 is 1.52. The van der Waals surface area contributed by atoms with E-state index >= 15 is 0 Å². The number of aryl methyl sites for hydroxylation is 1. The van der Waals surface area contributed by atoms with Crippen molar-refractivity contribution in [3.63, 3.8) is 0 Å². The number of rotatable bonds is 4. The number of nitrogens with zero attached hydrogens (tertiary/aromatic N) is 3. The van der Waals surface area contributed by atoms with Gasteiger partial charge in [-0.3, -0.25) is 9.48 Å². The van der Waals surface area contributed by atoms with Crippen LogP contribution >= 0.6 is 11.3 Å². The smallest absolute Gasteiger partial charge is 0.273 e. The van der Waals surface area contributed by atoms with E-state index in [9.17, 15) is 9.90 Å². The molecule has 2 aromatic carbocycles. The highest BCUT2D eigenvalue weighted by Gasteiger charge is 2.14. The molecule has 0 aliphatic carbocycles. The van der Waals surface area contributed by atoms with E-state index < -0.39 is 0 Å². The van der Waals surface area contributed by atoms with E-state index in [1.165, 1.54) is 17.4 Å². The topological polar surface area (TPSA) is 80.0 Å². The van der Waals surface area contributed by atoms with Gasteiger partial charge >= 0.3 is 0 Å². The number of carbonyl (C=O) groups excluding carboxylic acids is 1. The molecule has 0 spiro atoms. The van der Waals surface area contributed by atoms with E-state index in [1.807, 2.05) is 31.2 Å². The van der Waals surface area contributed by atoms with Gasteiger partial charge in [0, 0.05) is 24.5 Å². The van der Waals surface area contributed by atoms with Crippen molar-refractivity contribution in [2.45, 2.75) is 13.5 Å². The van der Waals surface area contributed by atoms with Crippen molar-refractivity contribution in [1.82, 2.24) is 14.8 Å². The maximum absolute atomic E-state index is 12.4. The predicted octanol–water partition coefficient (Wildman–Crippen LogP) is 4.14. The highest BCUT2D eigenvalue weighted by molar-refractivity contribution is 7.21. The van der Waals surface area contributed by atoms with Gasteiger partial charge in [-0.2, -0.15) is 5.10 Å². The molecular formula is C19H16N4O2S. The maximum Gasteiger partial charge on any atom is 0.273 e. The lowest BCUT2D eigenvalue weighted by molar-refractivity contribution is 0.101. The number of fused-ring (bicyclic) bond motifs is 1. The van der Waals surface area contributed by atoms with E-state index in [0.717, 1.165) is 15.2 Å². The number of phenolic OH excluding ortho intramolecular Hbond substituents is 1. The molecule has 0 aliphatic heterocycles. The standard InChI is InChI=1S/C19H16N4O2S/c1-2-23-15(9-10-20-23)18(25)21-12-7-8-13(16(24)11-12)19-22-14-5-3-4-6-17(14)26-19/h3-11,24H,2H2,1H3,(H,21,25). The molecule has 4 aromatic rings. The molecule has 0 fully saturated rings. The average molecular weight is 364 g/mol. The number of aromatic nitrogens is 3. The number of para-hydroxylation sites is 1. The summed E-state index contributed by atoms with van der Waals surface area (Å²) in [5.41, 5.74) is 2.53. The number of aromatic hydroxyl groups is 1. The second kappa shape index (κ2) is 6.61. The lowest BCUT2D eigenvalue weighted by atomic mass is 10.2. The Morgan fingerprint density at radius 1 is 1.23 bits per heavy atom. The van der Waals surface area contributed by atoms with Gasteiger partial charge in [0.05, 0.1) is 15.8 Å². The Morgan fingerprint density at radius 2 is 2.08 bits per heavy atom. The highest BCUT2D eigenvalue weighted by atomic mass is 32.1. The quantitative estimate of drug-likeness (QED) is 0.570. The molecule has 26 heavy (non-hydrogen) atoms. The molecule has 0 radical (unpaired) electrons. The normalized spacial score (nSPS) is 11.0. The molecule has 2 N–H and O–H groups in total. The Hall–Kier alpha value is -3.19. The van der Waals surface area contributed by atoms with Gasteiger partial charge in [-0.15, -0.1) is 11.3 Å². The van der Waals surface area contributed by atoms with Crippen LogP contribution in [0.2, 0.25) is 0 Å². The van der Waals surface area contributed by atoms with Crippen molar-refractivity contribution in [2.75, 3.05) is 5.32 Å². The minimum Gasteiger partial charge on any atom is -0.507 e. The van der Waals surface area contributed by atoms with Crippen LogP contribution in [0.15, 0.2) is 54.7 Å². The number of carbonyl (C=O) groups is 1. The monoisotopic (exact) mass is 364 g/mol. The summed E-state index contributed by atoms with van der Waals surface area (Å²) in [5.74, 6) is -0.192. The van der Waals surface area contributed by atoms with Crippen LogP contribution in [0, 0.1) is 0 Å². The van der Waals surface area contributed by atoms with Gasteiger partial charge in [0.15, 0.2) is 0 Å². The fraction of sp³-hybridized carbons (Fsp3) is 0.105. The summed E-state index contributed by atoms with van der Waals surface area (Å²) in [6, 6.07) is 14.6.